The van der Waals surface area contributed by atoms with Crippen molar-refractivity contribution in [3.8, 4) is 5.75 Å². The minimum absolute atomic E-state index is 0.233. The third kappa shape index (κ3) is 1.60. The summed E-state index contributed by atoms with van der Waals surface area (Å²) in [6.07, 6.45) is 3.83. The molecule has 3 nitrogen and oxygen atoms in total. The van der Waals surface area contributed by atoms with Gasteiger partial charge in [0, 0.05) is 12.1 Å². The molecule has 3 heteroatoms. The number of aliphatic hydroxyl groups is 1. The number of nitrogens with one attached hydrogen (secondary N) is 1. The molecule has 2 atom stereocenters. The molecule has 0 amide bonds. The Morgan fingerprint density at radius 1 is 1.19 bits per heavy atom. The second-order valence-corrected chi connectivity index (χ2v) is 5.13. The predicted octanol–water partition coefficient (Wildman–Crippen LogP) is 1.49. The van der Waals surface area contributed by atoms with Gasteiger partial charge in [-0.1, -0.05) is 12.1 Å². The van der Waals surface area contributed by atoms with Gasteiger partial charge >= 0.3 is 0 Å². The lowest BCUT2D eigenvalue weighted by atomic mass is 9.81. The van der Waals surface area contributed by atoms with Gasteiger partial charge in [-0.3, -0.25) is 0 Å². The van der Waals surface area contributed by atoms with E-state index in [0.717, 1.165) is 31.2 Å². The van der Waals surface area contributed by atoms with Crippen LogP contribution in [0.2, 0.25) is 0 Å². The van der Waals surface area contributed by atoms with Crippen molar-refractivity contribution in [2.75, 3.05) is 0 Å². The van der Waals surface area contributed by atoms with Crippen LogP contribution >= 0.6 is 0 Å². The van der Waals surface area contributed by atoms with Gasteiger partial charge in [0.05, 0.1) is 5.60 Å². The van der Waals surface area contributed by atoms with Crippen LogP contribution in [0.25, 0.3) is 0 Å². The largest absolute Gasteiger partial charge is 0.508 e. The van der Waals surface area contributed by atoms with Crippen molar-refractivity contribution in [1.82, 2.24) is 5.32 Å². The number of rotatable bonds is 1. The van der Waals surface area contributed by atoms with Crippen LogP contribution in [0, 0.1) is 0 Å². The lowest BCUT2D eigenvalue weighted by molar-refractivity contribution is -0.0116. The molecule has 3 N–H and O–H groups in total. The highest BCUT2D eigenvalue weighted by Crippen LogP contribution is 2.41. The molecule has 2 aliphatic heterocycles. The van der Waals surface area contributed by atoms with E-state index in [-0.39, 0.29) is 5.75 Å². The first-order valence-electron chi connectivity index (χ1n) is 5.94. The molecule has 3 rings (SSSR count). The molecule has 0 radical (unpaired) electrons. The number of hydrogen-bond donors (Lipinski definition) is 3. The molecular weight excluding hydrogens is 202 g/mol. The molecule has 0 aromatic heterocycles. The Bertz CT molecular complexity index is 393. The maximum atomic E-state index is 10.7. The van der Waals surface area contributed by atoms with Crippen molar-refractivity contribution < 1.29 is 10.2 Å². The third-order valence-corrected chi connectivity index (χ3v) is 3.89. The molecule has 2 bridgehead atoms. The van der Waals surface area contributed by atoms with Crippen molar-refractivity contribution >= 4 is 0 Å². The van der Waals surface area contributed by atoms with Gasteiger partial charge in [0.25, 0.3) is 0 Å². The fraction of sp³-hybridized carbons (Fsp3) is 0.538. The van der Waals surface area contributed by atoms with Gasteiger partial charge in [0.1, 0.15) is 5.75 Å². The maximum Gasteiger partial charge on any atom is 0.115 e. The van der Waals surface area contributed by atoms with Crippen molar-refractivity contribution in [2.24, 2.45) is 0 Å². The van der Waals surface area contributed by atoms with E-state index in [4.69, 9.17) is 0 Å². The standard InChI is InChI=1S/C13H17NO2/c15-12-3-1-2-9(6-12)13(16)7-10-4-5-11(8-13)14-10/h1-3,6,10-11,14-16H,4-5,7-8H2. The summed E-state index contributed by atoms with van der Waals surface area (Å²) in [6.45, 7) is 0. The van der Waals surface area contributed by atoms with Crippen LogP contribution in [0.15, 0.2) is 24.3 Å². The number of phenolic OH excluding ortho intramolecular Hbond substituents is 1. The van der Waals surface area contributed by atoms with Crippen LogP contribution in [0.4, 0.5) is 0 Å². The monoisotopic (exact) mass is 219 g/mol. The Hall–Kier alpha value is -1.06. The first kappa shape index (κ1) is 10.1. The first-order valence-corrected chi connectivity index (χ1v) is 5.94. The van der Waals surface area contributed by atoms with Crippen molar-refractivity contribution in [3.63, 3.8) is 0 Å². The smallest absolute Gasteiger partial charge is 0.115 e. The summed E-state index contributed by atoms with van der Waals surface area (Å²) in [4.78, 5) is 0. The van der Waals surface area contributed by atoms with Gasteiger partial charge in [0.15, 0.2) is 0 Å². The van der Waals surface area contributed by atoms with Gasteiger partial charge < -0.3 is 15.5 Å². The van der Waals surface area contributed by atoms with Gasteiger partial charge in [-0.25, -0.2) is 0 Å². The molecule has 2 aliphatic rings. The zero-order valence-corrected chi connectivity index (χ0v) is 9.19. The van der Waals surface area contributed by atoms with E-state index >= 15 is 0 Å². The van der Waals surface area contributed by atoms with Crippen LogP contribution in [0.3, 0.4) is 0 Å². The number of fused-ring (bicyclic) bond motifs is 2. The predicted molar refractivity (Wildman–Crippen MR) is 61.2 cm³/mol. The van der Waals surface area contributed by atoms with Crippen LogP contribution in [0.5, 0.6) is 5.75 Å². The minimum Gasteiger partial charge on any atom is -0.508 e. The Kier molecular flexibility index (Phi) is 2.19. The SMILES string of the molecule is Oc1cccc(C2(O)CC3CCC(C2)N3)c1. The molecule has 2 fully saturated rings. The lowest BCUT2D eigenvalue weighted by Gasteiger charge is -2.37. The van der Waals surface area contributed by atoms with E-state index in [1.165, 1.54) is 0 Å². The fourth-order valence-electron chi connectivity index (χ4n) is 3.15. The number of aromatic hydroxyl groups is 1. The Balaban J connectivity index is 1.93. The van der Waals surface area contributed by atoms with E-state index in [1.807, 2.05) is 6.07 Å². The van der Waals surface area contributed by atoms with Crippen molar-refractivity contribution in [1.29, 1.82) is 0 Å². The molecule has 1 aromatic rings. The molecule has 2 heterocycles. The van der Waals surface area contributed by atoms with E-state index in [0.29, 0.717) is 12.1 Å². The zero-order valence-electron chi connectivity index (χ0n) is 9.19. The van der Waals surface area contributed by atoms with E-state index in [9.17, 15) is 10.2 Å². The maximum absolute atomic E-state index is 10.7. The minimum atomic E-state index is -0.754. The average Bonchev–Trinajstić information content (AvgIpc) is 2.59. The molecule has 2 unspecified atom stereocenters. The van der Waals surface area contributed by atoms with Gasteiger partial charge in [0.2, 0.25) is 0 Å². The third-order valence-electron chi connectivity index (χ3n) is 3.89. The summed E-state index contributed by atoms with van der Waals surface area (Å²) in [6, 6.07) is 7.90. The average molecular weight is 219 g/mol. The number of piperidine rings is 1. The van der Waals surface area contributed by atoms with Crippen LogP contribution in [-0.2, 0) is 5.60 Å². The molecule has 0 saturated carbocycles. The highest BCUT2D eigenvalue weighted by molar-refractivity contribution is 5.32. The van der Waals surface area contributed by atoms with E-state index < -0.39 is 5.60 Å². The normalized spacial score (nSPS) is 37.6. The summed E-state index contributed by atoms with van der Waals surface area (Å²) in [5.74, 6) is 0.233. The summed E-state index contributed by atoms with van der Waals surface area (Å²) < 4.78 is 0. The van der Waals surface area contributed by atoms with Crippen LogP contribution < -0.4 is 5.32 Å². The molecule has 0 aliphatic carbocycles. The summed E-state index contributed by atoms with van der Waals surface area (Å²) in [5, 5.41) is 23.7. The quantitative estimate of drug-likeness (QED) is 0.671. The zero-order chi connectivity index (χ0) is 11.2. The number of benzene rings is 1. The Morgan fingerprint density at radius 3 is 2.50 bits per heavy atom. The van der Waals surface area contributed by atoms with Gasteiger partial charge in [-0.15, -0.1) is 0 Å². The Labute approximate surface area is 95.1 Å². The molecule has 2 saturated heterocycles. The van der Waals surface area contributed by atoms with Crippen molar-refractivity contribution in [2.45, 2.75) is 43.4 Å². The molecule has 0 spiro atoms. The summed E-state index contributed by atoms with van der Waals surface area (Å²) in [5.41, 5.74) is 0.0985. The number of hydrogen-bond acceptors (Lipinski definition) is 3. The molecule has 1 aromatic carbocycles. The lowest BCUT2D eigenvalue weighted by Crippen LogP contribution is -2.46. The number of phenols is 1. The van der Waals surface area contributed by atoms with Gasteiger partial charge in [-0.05, 0) is 43.4 Å². The second-order valence-electron chi connectivity index (χ2n) is 5.13. The summed E-state index contributed by atoms with van der Waals surface area (Å²) >= 11 is 0. The van der Waals surface area contributed by atoms with E-state index in [1.54, 1.807) is 18.2 Å². The van der Waals surface area contributed by atoms with Crippen LogP contribution in [-0.4, -0.2) is 22.3 Å². The highest BCUT2D eigenvalue weighted by Gasteiger charge is 2.43. The molecule has 16 heavy (non-hydrogen) atoms. The molecule has 86 valence electrons. The van der Waals surface area contributed by atoms with Gasteiger partial charge in [-0.2, -0.15) is 0 Å². The Morgan fingerprint density at radius 2 is 1.88 bits per heavy atom. The van der Waals surface area contributed by atoms with Crippen LogP contribution in [0.1, 0.15) is 31.2 Å². The molecular formula is C13H17NO2. The topological polar surface area (TPSA) is 52.5 Å². The second kappa shape index (κ2) is 3.47. The first-order chi connectivity index (χ1) is 7.66. The summed E-state index contributed by atoms with van der Waals surface area (Å²) in [7, 11) is 0. The highest BCUT2D eigenvalue weighted by atomic mass is 16.3. The fourth-order valence-corrected chi connectivity index (χ4v) is 3.15. The van der Waals surface area contributed by atoms with E-state index in [2.05, 4.69) is 5.32 Å². The van der Waals surface area contributed by atoms with Crippen molar-refractivity contribution in [3.05, 3.63) is 29.8 Å².